The average Bonchev–Trinajstić information content (AvgIpc) is 2.93. The first-order valence-corrected chi connectivity index (χ1v) is 14.1. The number of ether oxygens (including phenoxy) is 6. The molecule has 0 spiro atoms. The summed E-state index contributed by atoms with van der Waals surface area (Å²) in [6.45, 7) is 2.46. The second-order valence-electron chi connectivity index (χ2n) is 7.11. The van der Waals surface area contributed by atoms with Gasteiger partial charge in [-0.3, -0.25) is 0 Å². The minimum atomic E-state index is -0.747. The van der Waals surface area contributed by atoms with Gasteiger partial charge in [0.15, 0.2) is 0 Å². The van der Waals surface area contributed by atoms with Crippen LogP contribution in [0.5, 0.6) is 0 Å². The third-order valence-electron chi connectivity index (χ3n) is 4.60. The van der Waals surface area contributed by atoms with Crippen LogP contribution in [0.25, 0.3) is 0 Å². The van der Waals surface area contributed by atoms with Crippen LogP contribution in [-0.2, 0) is 48.1 Å². The monoisotopic (exact) mass is 741 g/mol. The van der Waals surface area contributed by atoms with E-state index in [1.807, 2.05) is 0 Å². The topological polar surface area (TPSA) is 121 Å². The first-order chi connectivity index (χ1) is 19.1. The summed E-state index contributed by atoms with van der Waals surface area (Å²) in [6, 6.07) is 0. The molecule has 0 N–H and O–H groups in total. The molecule has 0 aliphatic rings. The summed E-state index contributed by atoms with van der Waals surface area (Å²) in [4.78, 5) is 46.6. The minimum absolute atomic E-state index is 0.0498. The minimum Gasteiger partial charge on any atom is -0.377 e. The van der Waals surface area contributed by atoms with Gasteiger partial charge >= 0.3 is 17.1 Å². The van der Waals surface area contributed by atoms with Crippen LogP contribution in [0, 0.1) is 32.3 Å². The van der Waals surface area contributed by atoms with E-state index in [4.69, 9.17) is 28.4 Å². The Morgan fingerprint density at radius 1 is 0.436 bits per heavy atom. The molecule has 0 aromatic carbocycles. The highest BCUT2D eigenvalue weighted by molar-refractivity contribution is 9.12. The van der Waals surface area contributed by atoms with Gasteiger partial charge in [-0.1, -0.05) is 17.8 Å². The van der Waals surface area contributed by atoms with Crippen molar-refractivity contribution in [1.82, 2.24) is 13.7 Å². The molecule has 0 saturated heterocycles. The lowest BCUT2D eigenvalue weighted by molar-refractivity contribution is 0.0505. The molecule has 0 saturated carbocycles. The maximum Gasteiger partial charge on any atom is 0.336 e. The van der Waals surface area contributed by atoms with Crippen molar-refractivity contribution in [2.75, 3.05) is 79.3 Å². The van der Waals surface area contributed by atoms with E-state index in [2.05, 4.69) is 80.0 Å². The third kappa shape index (κ3) is 15.6. The summed E-state index contributed by atoms with van der Waals surface area (Å²) in [5, 5.41) is 0. The molecule has 1 rings (SSSR count). The van der Waals surface area contributed by atoms with Crippen molar-refractivity contribution in [3.8, 4) is 32.3 Å². The maximum atomic E-state index is 13.0. The summed E-state index contributed by atoms with van der Waals surface area (Å²) in [5.41, 5.74) is -2.24. The highest BCUT2D eigenvalue weighted by Crippen LogP contribution is 1.86. The maximum absolute atomic E-state index is 13.0. The van der Waals surface area contributed by atoms with Gasteiger partial charge < -0.3 is 28.4 Å². The molecule has 0 fully saturated rings. The van der Waals surface area contributed by atoms with Crippen molar-refractivity contribution < 1.29 is 28.4 Å². The molecule has 0 radical (unpaired) electrons. The Hall–Kier alpha value is -1.71. The Kier molecular flexibility index (Phi) is 21.8. The van der Waals surface area contributed by atoms with Crippen LogP contribution in [0.3, 0.4) is 0 Å². The molecule has 39 heavy (non-hydrogen) atoms. The van der Waals surface area contributed by atoms with Gasteiger partial charge in [-0.15, -0.1) is 0 Å². The zero-order valence-electron chi connectivity index (χ0n) is 21.3. The van der Waals surface area contributed by atoms with Crippen LogP contribution in [0.1, 0.15) is 0 Å². The van der Waals surface area contributed by atoms with Gasteiger partial charge in [0.25, 0.3) is 0 Å². The fourth-order valence-electron chi connectivity index (χ4n) is 2.84. The SMILES string of the molecule is O=c1n(CCOCCOCC#CBr)c(=O)n(CCOCCOCC#CBr)c(=O)n1CCOCCOCC#CBr. The zero-order chi connectivity index (χ0) is 28.6. The summed E-state index contributed by atoms with van der Waals surface area (Å²) < 4.78 is 35.0. The van der Waals surface area contributed by atoms with Gasteiger partial charge in [0.2, 0.25) is 0 Å². The van der Waals surface area contributed by atoms with Crippen LogP contribution in [0.15, 0.2) is 14.4 Å². The highest BCUT2D eigenvalue weighted by atomic mass is 79.9. The number of hydrogen-bond acceptors (Lipinski definition) is 9. The highest BCUT2D eigenvalue weighted by Gasteiger charge is 2.15. The van der Waals surface area contributed by atoms with Crippen molar-refractivity contribution in [2.45, 2.75) is 19.6 Å². The first kappa shape index (κ1) is 35.3. The van der Waals surface area contributed by atoms with Crippen LogP contribution in [-0.4, -0.2) is 93.0 Å². The Bertz CT molecular complexity index is 1020. The van der Waals surface area contributed by atoms with Gasteiger partial charge in [0.05, 0.1) is 79.1 Å². The smallest absolute Gasteiger partial charge is 0.336 e. The quantitative estimate of drug-likeness (QED) is 0.130. The standard InChI is InChI=1S/C24H30Br3N3O9/c25-4-1-10-34-16-19-37-13-7-28-22(31)29(8-14-38-20-17-35-11-2-5-26)24(33)30(23(28)32)9-15-39-21-18-36-12-3-6-27/h7-21H2. The molecular weight excluding hydrogens is 714 g/mol. The van der Waals surface area contributed by atoms with E-state index < -0.39 is 17.1 Å². The van der Waals surface area contributed by atoms with E-state index in [0.717, 1.165) is 13.7 Å². The zero-order valence-corrected chi connectivity index (χ0v) is 26.0. The number of hydrogen-bond donors (Lipinski definition) is 0. The molecular formula is C24H30Br3N3O9. The number of halogens is 3. The molecule has 1 aromatic rings. The largest absolute Gasteiger partial charge is 0.377 e. The van der Waals surface area contributed by atoms with Gasteiger partial charge in [-0.05, 0) is 14.5 Å². The fraction of sp³-hybridized carbons (Fsp3) is 0.625. The van der Waals surface area contributed by atoms with E-state index in [1.54, 1.807) is 0 Å². The van der Waals surface area contributed by atoms with Crippen LogP contribution >= 0.6 is 47.8 Å². The van der Waals surface area contributed by atoms with Gasteiger partial charge in [-0.25, -0.2) is 28.1 Å². The molecule has 216 valence electrons. The second-order valence-corrected chi connectivity index (χ2v) is 8.30. The van der Waals surface area contributed by atoms with Crippen molar-refractivity contribution in [1.29, 1.82) is 0 Å². The van der Waals surface area contributed by atoms with Crippen molar-refractivity contribution in [3.63, 3.8) is 0 Å². The Morgan fingerprint density at radius 3 is 0.949 bits per heavy atom. The first-order valence-electron chi connectivity index (χ1n) is 11.7. The molecule has 0 aliphatic carbocycles. The molecule has 12 nitrogen and oxygen atoms in total. The van der Waals surface area contributed by atoms with Gasteiger partial charge in [-0.2, -0.15) is 0 Å². The van der Waals surface area contributed by atoms with E-state index in [9.17, 15) is 14.4 Å². The van der Waals surface area contributed by atoms with Crippen molar-refractivity contribution >= 4 is 47.8 Å². The van der Waals surface area contributed by atoms with E-state index >= 15 is 0 Å². The van der Waals surface area contributed by atoms with Crippen molar-refractivity contribution in [2.24, 2.45) is 0 Å². The Morgan fingerprint density at radius 2 is 0.692 bits per heavy atom. The van der Waals surface area contributed by atoms with E-state index in [1.165, 1.54) is 0 Å². The molecule has 0 amide bonds. The lowest BCUT2D eigenvalue weighted by Crippen LogP contribution is -2.55. The van der Waals surface area contributed by atoms with Crippen LogP contribution in [0.4, 0.5) is 0 Å². The molecule has 0 aliphatic heterocycles. The molecule has 1 aromatic heterocycles. The fourth-order valence-corrected chi connectivity index (χ4v) is 3.18. The molecule has 1 heterocycles. The average molecular weight is 744 g/mol. The summed E-state index contributed by atoms with van der Waals surface area (Å²) in [7, 11) is 0. The Labute approximate surface area is 251 Å². The predicted molar refractivity (Wildman–Crippen MR) is 154 cm³/mol. The van der Waals surface area contributed by atoms with E-state index in [0.29, 0.717) is 19.8 Å². The predicted octanol–water partition coefficient (Wildman–Crippen LogP) is 0.339. The van der Waals surface area contributed by atoms with Crippen LogP contribution < -0.4 is 17.1 Å². The van der Waals surface area contributed by atoms with Gasteiger partial charge in [0.1, 0.15) is 19.8 Å². The molecule has 0 atom stereocenters. The van der Waals surface area contributed by atoms with Gasteiger partial charge in [0, 0.05) is 47.8 Å². The summed E-state index contributed by atoms with van der Waals surface area (Å²) in [6.07, 6.45) is 0. The normalized spacial score (nSPS) is 10.2. The lowest BCUT2D eigenvalue weighted by atomic mass is 10.5. The third-order valence-corrected chi connectivity index (χ3v) is 5.44. The second kappa shape index (κ2) is 24.1. The summed E-state index contributed by atoms with van der Waals surface area (Å²) in [5.74, 6) is 8.06. The number of nitrogens with zero attached hydrogens (tertiary/aromatic N) is 3. The Balaban J connectivity index is 2.80. The number of aromatic nitrogens is 3. The van der Waals surface area contributed by atoms with E-state index in [-0.39, 0.29) is 79.1 Å². The molecule has 15 heteroatoms. The molecule has 0 bridgehead atoms. The molecule has 0 unspecified atom stereocenters. The summed E-state index contributed by atoms with van der Waals surface area (Å²) >= 11 is 8.91. The number of rotatable bonds is 21. The lowest BCUT2D eigenvalue weighted by Gasteiger charge is -2.14. The van der Waals surface area contributed by atoms with Crippen molar-refractivity contribution in [3.05, 3.63) is 31.5 Å². The van der Waals surface area contributed by atoms with Crippen LogP contribution in [0.2, 0.25) is 0 Å².